The molecule has 1 aromatic rings. The van der Waals surface area contributed by atoms with Crippen LogP contribution in [0.2, 0.25) is 0 Å². The van der Waals surface area contributed by atoms with Crippen LogP contribution in [0.15, 0.2) is 30.3 Å². The maximum absolute atomic E-state index is 11.6. The monoisotopic (exact) mass is 261 g/mol. The molecule has 0 radical (unpaired) electrons. The lowest BCUT2D eigenvalue weighted by atomic mass is 9.98. The molecule has 0 spiro atoms. The molecule has 1 aliphatic carbocycles. The fourth-order valence-corrected chi connectivity index (χ4v) is 2.83. The van der Waals surface area contributed by atoms with E-state index in [2.05, 4.69) is 35.6 Å². The first-order chi connectivity index (χ1) is 9.28. The van der Waals surface area contributed by atoms with Crippen molar-refractivity contribution in [3.05, 3.63) is 35.9 Å². The van der Waals surface area contributed by atoms with E-state index in [0.717, 1.165) is 19.3 Å². The number of rotatable bonds is 6. The summed E-state index contributed by atoms with van der Waals surface area (Å²) in [5.41, 5.74) is 1.40. The van der Waals surface area contributed by atoms with Gasteiger partial charge in [-0.3, -0.25) is 4.79 Å². The summed E-state index contributed by atoms with van der Waals surface area (Å²) in [7, 11) is 1.62. The predicted molar refractivity (Wildman–Crippen MR) is 75.9 cm³/mol. The van der Waals surface area contributed by atoms with Crippen LogP contribution >= 0.6 is 0 Å². The zero-order valence-corrected chi connectivity index (χ0v) is 11.6. The summed E-state index contributed by atoms with van der Waals surface area (Å²) in [6.45, 7) is 0.506. The van der Waals surface area contributed by atoms with Gasteiger partial charge in [0.05, 0.1) is 6.61 Å². The molecule has 1 aliphatic rings. The van der Waals surface area contributed by atoms with Crippen LogP contribution in [0.3, 0.4) is 0 Å². The quantitative estimate of drug-likeness (QED) is 0.854. The van der Waals surface area contributed by atoms with Gasteiger partial charge in [-0.25, -0.2) is 0 Å². The van der Waals surface area contributed by atoms with E-state index < -0.39 is 0 Å². The number of carbonyl (C=O) groups excluding carboxylic acids is 1. The Hall–Kier alpha value is -1.35. The summed E-state index contributed by atoms with van der Waals surface area (Å²) in [5, 5.41) is 3.11. The van der Waals surface area contributed by atoms with Gasteiger partial charge in [-0.05, 0) is 37.2 Å². The lowest BCUT2D eigenvalue weighted by Gasteiger charge is -2.13. The molecule has 0 unspecified atom stereocenters. The Morgan fingerprint density at radius 3 is 2.84 bits per heavy atom. The molecule has 19 heavy (non-hydrogen) atoms. The zero-order chi connectivity index (χ0) is 13.5. The Bertz CT molecular complexity index is 391. The number of amides is 1. The Morgan fingerprint density at radius 2 is 2.11 bits per heavy atom. The summed E-state index contributed by atoms with van der Waals surface area (Å²) in [6, 6.07) is 11.0. The van der Waals surface area contributed by atoms with Gasteiger partial charge in [-0.2, -0.15) is 0 Å². The van der Waals surface area contributed by atoms with Crippen molar-refractivity contribution in [1.82, 2.24) is 5.32 Å². The van der Waals surface area contributed by atoms with E-state index in [1.54, 1.807) is 7.11 Å². The summed E-state index contributed by atoms with van der Waals surface area (Å²) >= 11 is 0. The molecule has 0 heterocycles. The highest BCUT2D eigenvalue weighted by molar-refractivity contribution is 5.76. The third-order valence-electron chi connectivity index (χ3n) is 3.81. The van der Waals surface area contributed by atoms with E-state index in [1.807, 2.05) is 0 Å². The van der Waals surface area contributed by atoms with Crippen LogP contribution in [0.4, 0.5) is 0 Å². The Morgan fingerprint density at radius 1 is 1.32 bits per heavy atom. The standard InChI is InChI=1S/C16H23NO2/c1-19-10-9-16(18)17-15-8-7-14(12-15)11-13-5-3-2-4-6-13/h2-6,14-15H,7-12H2,1H3,(H,17,18)/t14-,15+/m1/s1. The highest BCUT2D eigenvalue weighted by atomic mass is 16.5. The molecule has 1 N–H and O–H groups in total. The van der Waals surface area contributed by atoms with Crippen LogP contribution in [0.1, 0.15) is 31.2 Å². The first kappa shape index (κ1) is 14.1. The molecule has 2 rings (SSSR count). The molecule has 2 atom stereocenters. The van der Waals surface area contributed by atoms with Crippen LogP contribution in [-0.4, -0.2) is 25.7 Å². The first-order valence-corrected chi connectivity index (χ1v) is 7.10. The third-order valence-corrected chi connectivity index (χ3v) is 3.81. The van der Waals surface area contributed by atoms with Crippen molar-refractivity contribution >= 4 is 5.91 Å². The van der Waals surface area contributed by atoms with Crippen LogP contribution in [0.5, 0.6) is 0 Å². The summed E-state index contributed by atoms with van der Waals surface area (Å²) in [5.74, 6) is 0.822. The van der Waals surface area contributed by atoms with E-state index >= 15 is 0 Å². The number of carbonyl (C=O) groups is 1. The van der Waals surface area contributed by atoms with Crippen LogP contribution in [-0.2, 0) is 16.0 Å². The van der Waals surface area contributed by atoms with E-state index in [4.69, 9.17) is 4.74 Å². The minimum atomic E-state index is 0.118. The zero-order valence-electron chi connectivity index (χ0n) is 11.6. The van der Waals surface area contributed by atoms with Crippen molar-refractivity contribution in [3.63, 3.8) is 0 Å². The van der Waals surface area contributed by atoms with Gasteiger partial charge in [0.15, 0.2) is 0 Å². The molecule has 0 aromatic heterocycles. The lowest BCUT2D eigenvalue weighted by molar-refractivity contribution is -0.122. The predicted octanol–water partition coefficient (Wildman–Crippen LogP) is 2.55. The molecular weight excluding hydrogens is 238 g/mol. The number of hydrogen-bond donors (Lipinski definition) is 1. The number of benzene rings is 1. The minimum Gasteiger partial charge on any atom is -0.384 e. The SMILES string of the molecule is COCCC(=O)N[C@H]1CC[C@H](Cc2ccccc2)C1. The molecule has 0 aliphatic heterocycles. The number of nitrogens with one attached hydrogen (secondary N) is 1. The van der Waals surface area contributed by atoms with Gasteiger partial charge in [-0.15, -0.1) is 0 Å². The Kier molecular flexibility index (Phi) is 5.40. The van der Waals surface area contributed by atoms with Crippen LogP contribution in [0.25, 0.3) is 0 Å². The molecule has 3 heteroatoms. The lowest BCUT2D eigenvalue weighted by Crippen LogP contribution is -2.33. The second-order valence-electron chi connectivity index (χ2n) is 5.38. The molecule has 1 aromatic carbocycles. The average Bonchev–Trinajstić information content (AvgIpc) is 2.85. The fourth-order valence-electron chi connectivity index (χ4n) is 2.83. The molecule has 0 bridgehead atoms. The highest BCUT2D eigenvalue weighted by Gasteiger charge is 2.25. The molecule has 1 amide bonds. The summed E-state index contributed by atoms with van der Waals surface area (Å²) < 4.78 is 4.92. The van der Waals surface area contributed by atoms with Crippen LogP contribution < -0.4 is 5.32 Å². The van der Waals surface area contributed by atoms with Crippen molar-refractivity contribution in [2.24, 2.45) is 5.92 Å². The number of ether oxygens (including phenoxy) is 1. The maximum Gasteiger partial charge on any atom is 0.222 e. The normalized spacial score (nSPS) is 22.4. The largest absolute Gasteiger partial charge is 0.384 e. The fraction of sp³-hybridized carbons (Fsp3) is 0.562. The van der Waals surface area contributed by atoms with Gasteiger partial charge in [-0.1, -0.05) is 30.3 Å². The maximum atomic E-state index is 11.6. The van der Waals surface area contributed by atoms with Crippen LogP contribution in [0, 0.1) is 5.92 Å². The molecule has 104 valence electrons. The van der Waals surface area contributed by atoms with E-state index in [1.165, 1.54) is 12.0 Å². The van der Waals surface area contributed by atoms with Gasteiger partial charge in [0.25, 0.3) is 0 Å². The van der Waals surface area contributed by atoms with E-state index in [9.17, 15) is 4.79 Å². The van der Waals surface area contributed by atoms with Gasteiger partial charge in [0.1, 0.15) is 0 Å². The highest BCUT2D eigenvalue weighted by Crippen LogP contribution is 2.28. The molecule has 1 saturated carbocycles. The van der Waals surface area contributed by atoms with Crippen molar-refractivity contribution in [2.45, 2.75) is 38.1 Å². The Balaban J connectivity index is 1.72. The number of methoxy groups -OCH3 is 1. The third kappa shape index (κ3) is 4.67. The van der Waals surface area contributed by atoms with Gasteiger partial charge in [0, 0.05) is 19.6 Å². The smallest absolute Gasteiger partial charge is 0.222 e. The minimum absolute atomic E-state index is 0.118. The summed E-state index contributed by atoms with van der Waals surface area (Å²) in [4.78, 5) is 11.6. The molecule has 1 fully saturated rings. The topological polar surface area (TPSA) is 38.3 Å². The van der Waals surface area contributed by atoms with Gasteiger partial charge in [0.2, 0.25) is 5.91 Å². The van der Waals surface area contributed by atoms with Crippen molar-refractivity contribution in [1.29, 1.82) is 0 Å². The molecule has 0 saturated heterocycles. The van der Waals surface area contributed by atoms with Gasteiger partial charge < -0.3 is 10.1 Å². The second kappa shape index (κ2) is 7.29. The van der Waals surface area contributed by atoms with E-state index in [-0.39, 0.29) is 5.91 Å². The summed E-state index contributed by atoms with van der Waals surface area (Å²) in [6.07, 6.45) is 5.02. The molecule has 3 nitrogen and oxygen atoms in total. The first-order valence-electron chi connectivity index (χ1n) is 7.10. The Labute approximate surface area is 115 Å². The van der Waals surface area contributed by atoms with Gasteiger partial charge >= 0.3 is 0 Å². The van der Waals surface area contributed by atoms with Crippen molar-refractivity contribution < 1.29 is 9.53 Å². The van der Waals surface area contributed by atoms with Crippen molar-refractivity contribution in [3.8, 4) is 0 Å². The molecular formula is C16H23NO2. The van der Waals surface area contributed by atoms with Crippen molar-refractivity contribution in [2.75, 3.05) is 13.7 Å². The van der Waals surface area contributed by atoms with E-state index in [0.29, 0.717) is 25.0 Å². The average molecular weight is 261 g/mol. The second-order valence-corrected chi connectivity index (χ2v) is 5.38. The number of hydrogen-bond acceptors (Lipinski definition) is 2.